The van der Waals surface area contributed by atoms with Gasteiger partial charge in [-0.1, -0.05) is 11.6 Å². The zero-order valence-corrected chi connectivity index (χ0v) is 9.19. The third kappa shape index (κ3) is 2.50. The van der Waals surface area contributed by atoms with Gasteiger partial charge in [-0.15, -0.1) is 0 Å². The summed E-state index contributed by atoms with van der Waals surface area (Å²) in [5.74, 6) is -1.36. The van der Waals surface area contributed by atoms with Crippen molar-refractivity contribution >= 4 is 29.0 Å². The number of rotatable bonds is 3. The molecule has 5 nitrogen and oxygen atoms in total. The van der Waals surface area contributed by atoms with Crippen LogP contribution in [0.2, 0.25) is 0 Å². The number of ether oxygens (including phenoxy) is 1. The van der Waals surface area contributed by atoms with E-state index in [0.717, 1.165) is 0 Å². The summed E-state index contributed by atoms with van der Waals surface area (Å²) in [6, 6.07) is 4.02. The van der Waals surface area contributed by atoms with Crippen LogP contribution >= 0.6 is 11.6 Å². The van der Waals surface area contributed by atoms with Crippen molar-refractivity contribution < 1.29 is 19.4 Å². The molecular formula is C10H10ClNO4. The molecule has 0 aliphatic heterocycles. The molecule has 1 aromatic rings. The van der Waals surface area contributed by atoms with Crippen molar-refractivity contribution in [1.82, 2.24) is 0 Å². The molecule has 16 heavy (non-hydrogen) atoms. The first-order chi connectivity index (χ1) is 7.47. The molecular weight excluding hydrogens is 234 g/mol. The Balaban J connectivity index is 3.18. The lowest BCUT2D eigenvalue weighted by Crippen LogP contribution is -2.16. The van der Waals surface area contributed by atoms with E-state index in [2.05, 4.69) is 4.74 Å². The topological polar surface area (TPSA) is 89.6 Å². The number of nitrogens with two attached hydrogens (primary N) is 1. The highest BCUT2D eigenvalue weighted by atomic mass is 35.5. The van der Waals surface area contributed by atoms with Crippen LogP contribution in [0.15, 0.2) is 18.2 Å². The van der Waals surface area contributed by atoms with Gasteiger partial charge in [0.15, 0.2) is 5.56 Å². The molecule has 0 spiro atoms. The van der Waals surface area contributed by atoms with Crippen molar-refractivity contribution in [3.05, 3.63) is 29.3 Å². The molecule has 0 heterocycles. The molecule has 0 amide bonds. The number of ketones is 1. The number of benzene rings is 1. The van der Waals surface area contributed by atoms with Crippen LogP contribution in [-0.2, 0) is 4.74 Å². The molecule has 0 aromatic heterocycles. The monoisotopic (exact) mass is 243 g/mol. The van der Waals surface area contributed by atoms with E-state index < -0.39 is 17.3 Å². The molecule has 0 fully saturated rings. The SMILES string of the molecule is COC(=O)c1ccc(N)c(C(=O)C(O)Cl)c1. The van der Waals surface area contributed by atoms with Gasteiger partial charge in [0.05, 0.1) is 12.7 Å². The lowest BCUT2D eigenvalue weighted by molar-refractivity contribution is 0.0600. The predicted octanol–water partition coefficient (Wildman–Crippen LogP) is 0.795. The fraction of sp³-hybridized carbons (Fsp3) is 0.200. The number of Topliss-reactive ketones (excluding diaryl/α,β-unsaturated/α-hetero) is 1. The number of anilines is 1. The third-order valence-electron chi connectivity index (χ3n) is 1.96. The first-order valence-corrected chi connectivity index (χ1v) is 4.75. The molecule has 0 aliphatic carbocycles. The Morgan fingerprint density at radius 3 is 2.62 bits per heavy atom. The number of methoxy groups -OCH3 is 1. The summed E-state index contributed by atoms with van der Waals surface area (Å²) in [5, 5.41) is 8.93. The van der Waals surface area contributed by atoms with Gasteiger partial charge in [0.1, 0.15) is 0 Å². The minimum Gasteiger partial charge on any atom is -0.465 e. The maximum Gasteiger partial charge on any atom is 0.337 e. The summed E-state index contributed by atoms with van der Waals surface area (Å²) in [4.78, 5) is 22.6. The van der Waals surface area contributed by atoms with Gasteiger partial charge in [0.25, 0.3) is 0 Å². The van der Waals surface area contributed by atoms with E-state index in [1.54, 1.807) is 0 Å². The van der Waals surface area contributed by atoms with E-state index in [9.17, 15) is 9.59 Å². The van der Waals surface area contributed by atoms with Crippen LogP contribution in [0.5, 0.6) is 0 Å². The Kier molecular flexibility index (Phi) is 3.87. The summed E-state index contributed by atoms with van der Waals surface area (Å²) in [5.41, 5.74) is 4.13. The zero-order chi connectivity index (χ0) is 12.3. The number of nitrogen functional groups attached to an aromatic ring is 1. The molecule has 6 heteroatoms. The molecule has 1 rings (SSSR count). The second-order valence-electron chi connectivity index (χ2n) is 2.99. The van der Waals surface area contributed by atoms with E-state index in [0.29, 0.717) is 0 Å². The van der Waals surface area contributed by atoms with Crippen molar-refractivity contribution in [3.63, 3.8) is 0 Å². The molecule has 0 saturated carbocycles. The summed E-state index contributed by atoms with van der Waals surface area (Å²) in [7, 11) is 1.22. The Morgan fingerprint density at radius 2 is 2.12 bits per heavy atom. The van der Waals surface area contributed by atoms with Crippen LogP contribution in [0.25, 0.3) is 0 Å². The Labute approximate surface area is 96.8 Å². The average Bonchev–Trinajstić information content (AvgIpc) is 2.27. The standard InChI is InChI=1S/C10H10ClNO4/c1-16-10(15)5-2-3-7(12)6(4-5)8(13)9(11)14/h2-4,9,14H,12H2,1H3. The fourth-order valence-electron chi connectivity index (χ4n) is 1.14. The Bertz CT molecular complexity index is 431. The van der Waals surface area contributed by atoms with Gasteiger partial charge < -0.3 is 15.6 Å². The molecule has 1 atom stereocenters. The van der Waals surface area contributed by atoms with E-state index in [1.165, 1.54) is 25.3 Å². The van der Waals surface area contributed by atoms with Gasteiger partial charge >= 0.3 is 5.97 Å². The number of carbonyl (C=O) groups excluding carboxylic acids is 2. The number of esters is 1. The minimum absolute atomic E-state index is 0.00889. The van der Waals surface area contributed by atoms with E-state index >= 15 is 0 Å². The Hall–Kier alpha value is -1.59. The highest BCUT2D eigenvalue weighted by Crippen LogP contribution is 2.17. The number of alkyl halides is 1. The maximum absolute atomic E-state index is 11.4. The fourth-order valence-corrected chi connectivity index (χ4v) is 1.26. The van der Waals surface area contributed by atoms with E-state index in [1.807, 2.05) is 0 Å². The van der Waals surface area contributed by atoms with E-state index in [-0.39, 0.29) is 16.8 Å². The van der Waals surface area contributed by atoms with Crippen LogP contribution < -0.4 is 5.73 Å². The highest BCUT2D eigenvalue weighted by Gasteiger charge is 2.19. The van der Waals surface area contributed by atoms with Gasteiger partial charge in [0.2, 0.25) is 5.78 Å². The number of aliphatic hydroxyl groups excluding tert-OH is 1. The lowest BCUT2D eigenvalue weighted by atomic mass is 10.1. The number of aliphatic hydroxyl groups is 1. The zero-order valence-electron chi connectivity index (χ0n) is 8.44. The third-order valence-corrected chi connectivity index (χ3v) is 2.15. The number of hydrogen-bond donors (Lipinski definition) is 2. The molecule has 86 valence electrons. The molecule has 1 unspecified atom stereocenters. The molecule has 3 N–H and O–H groups in total. The van der Waals surface area contributed by atoms with Crippen molar-refractivity contribution in [2.24, 2.45) is 0 Å². The van der Waals surface area contributed by atoms with Gasteiger partial charge in [-0.25, -0.2) is 4.79 Å². The summed E-state index contributed by atoms with van der Waals surface area (Å²) >= 11 is 5.23. The van der Waals surface area contributed by atoms with Gasteiger partial charge in [0, 0.05) is 11.3 Å². The van der Waals surface area contributed by atoms with Crippen molar-refractivity contribution in [2.75, 3.05) is 12.8 Å². The van der Waals surface area contributed by atoms with Crippen LogP contribution in [0.4, 0.5) is 5.69 Å². The molecule has 1 aromatic carbocycles. The van der Waals surface area contributed by atoms with Crippen LogP contribution in [-0.4, -0.2) is 29.5 Å². The van der Waals surface area contributed by atoms with Gasteiger partial charge in [-0.2, -0.15) is 0 Å². The van der Waals surface area contributed by atoms with Crippen molar-refractivity contribution in [2.45, 2.75) is 5.56 Å². The highest BCUT2D eigenvalue weighted by molar-refractivity contribution is 6.33. The molecule has 0 saturated heterocycles. The summed E-state index contributed by atoms with van der Waals surface area (Å²) in [6.45, 7) is 0. The van der Waals surface area contributed by atoms with Gasteiger partial charge in [-0.3, -0.25) is 4.79 Å². The first kappa shape index (κ1) is 12.5. The van der Waals surface area contributed by atoms with Crippen LogP contribution in [0, 0.1) is 0 Å². The molecule has 0 radical (unpaired) electrons. The quantitative estimate of drug-likeness (QED) is 0.355. The van der Waals surface area contributed by atoms with E-state index in [4.69, 9.17) is 22.4 Å². The average molecular weight is 244 g/mol. The first-order valence-electron chi connectivity index (χ1n) is 4.31. The predicted molar refractivity (Wildman–Crippen MR) is 58.4 cm³/mol. The minimum atomic E-state index is -1.69. The Morgan fingerprint density at radius 1 is 1.50 bits per heavy atom. The van der Waals surface area contributed by atoms with Crippen molar-refractivity contribution in [3.8, 4) is 0 Å². The second kappa shape index (κ2) is 4.96. The second-order valence-corrected chi connectivity index (χ2v) is 3.41. The maximum atomic E-state index is 11.4. The van der Waals surface area contributed by atoms with Gasteiger partial charge in [-0.05, 0) is 18.2 Å². The normalized spacial score (nSPS) is 11.9. The molecule has 0 bridgehead atoms. The van der Waals surface area contributed by atoms with Crippen molar-refractivity contribution in [1.29, 1.82) is 0 Å². The largest absolute Gasteiger partial charge is 0.465 e. The summed E-state index contributed by atoms with van der Waals surface area (Å²) in [6.07, 6.45) is 0. The van der Waals surface area contributed by atoms with Crippen LogP contribution in [0.1, 0.15) is 20.7 Å². The summed E-state index contributed by atoms with van der Waals surface area (Å²) < 4.78 is 4.48. The number of hydrogen-bond acceptors (Lipinski definition) is 5. The lowest BCUT2D eigenvalue weighted by Gasteiger charge is -2.07. The number of carbonyl (C=O) groups is 2. The van der Waals surface area contributed by atoms with Crippen LogP contribution in [0.3, 0.4) is 0 Å². The molecule has 0 aliphatic rings. The smallest absolute Gasteiger partial charge is 0.337 e. The number of halogens is 1.